The van der Waals surface area contributed by atoms with Crippen LogP contribution in [0, 0.1) is 0 Å². The first-order chi connectivity index (χ1) is 12.7. The molecule has 0 saturated heterocycles. The zero-order chi connectivity index (χ0) is 18.4. The van der Waals surface area contributed by atoms with Crippen molar-refractivity contribution in [3.8, 4) is 11.5 Å². The number of carbonyl (C=O) groups excluding carboxylic acids is 1. The Morgan fingerprint density at radius 2 is 1.69 bits per heavy atom. The second kappa shape index (κ2) is 8.54. The lowest BCUT2D eigenvalue weighted by Gasteiger charge is -2.23. The van der Waals surface area contributed by atoms with E-state index in [0.717, 1.165) is 21.9 Å². The van der Waals surface area contributed by atoms with Crippen molar-refractivity contribution >= 4 is 17.2 Å². The second-order valence-electron chi connectivity index (χ2n) is 5.78. The van der Waals surface area contributed by atoms with Crippen molar-refractivity contribution in [1.82, 2.24) is 4.90 Å². The molecule has 0 N–H and O–H groups in total. The van der Waals surface area contributed by atoms with Gasteiger partial charge in [-0.3, -0.25) is 4.79 Å². The molecule has 1 heterocycles. The number of ether oxygens (including phenoxy) is 2. The van der Waals surface area contributed by atoms with Gasteiger partial charge in [-0.15, -0.1) is 11.3 Å². The number of methoxy groups -OCH3 is 2. The predicted molar refractivity (Wildman–Crippen MR) is 104 cm³/mol. The summed E-state index contributed by atoms with van der Waals surface area (Å²) in [5.74, 6) is 1.49. The lowest BCUT2D eigenvalue weighted by molar-refractivity contribution is 0.0730. The molecule has 4 nitrogen and oxygen atoms in total. The maximum Gasteiger partial charge on any atom is 0.254 e. The molecule has 1 aromatic heterocycles. The Balaban J connectivity index is 1.87. The average molecular weight is 367 g/mol. The summed E-state index contributed by atoms with van der Waals surface area (Å²) in [5, 5.41) is 2.02. The fourth-order valence-corrected chi connectivity index (χ4v) is 3.46. The number of amides is 1. The molecule has 2 aromatic carbocycles. The van der Waals surface area contributed by atoms with Crippen LogP contribution in [0.2, 0.25) is 0 Å². The molecule has 0 fully saturated rings. The zero-order valence-corrected chi connectivity index (χ0v) is 15.7. The van der Waals surface area contributed by atoms with Gasteiger partial charge in [-0.2, -0.15) is 0 Å². The highest BCUT2D eigenvalue weighted by Crippen LogP contribution is 2.23. The second-order valence-corrected chi connectivity index (χ2v) is 6.81. The van der Waals surface area contributed by atoms with Gasteiger partial charge >= 0.3 is 0 Å². The third kappa shape index (κ3) is 4.24. The van der Waals surface area contributed by atoms with Crippen molar-refractivity contribution in [3.05, 3.63) is 82.0 Å². The first-order valence-electron chi connectivity index (χ1n) is 8.29. The summed E-state index contributed by atoms with van der Waals surface area (Å²) in [4.78, 5) is 16.1. The molecule has 26 heavy (non-hydrogen) atoms. The van der Waals surface area contributed by atoms with Crippen molar-refractivity contribution in [1.29, 1.82) is 0 Å². The van der Waals surface area contributed by atoms with Crippen LogP contribution in [0.15, 0.2) is 66.0 Å². The summed E-state index contributed by atoms with van der Waals surface area (Å²) in [6.07, 6.45) is 0. The molecule has 3 aromatic rings. The van der Waals surface area contributed by atoms with E-state index in [9.17, 15) is 4.79 Å². The number of hydrogen-bond acceptors (Lipinski definition) is 4. The summed E-state index contributed by atoms with van der Waals surface area (Å²) in [5.41, 5.74) is 1.62. The average Bonchev–Trinajstić information content (AvgIpc) is 3.20. The van der Waals surface area contributed by atoms with Crippen molar-refractivity contribution in [3.63, 3.8) is 0 Å². The molecule has 5 heteroatoms. The van der Waals surface area contributed by atoms with Gasteiger partial charge in [0.1, 0.15) is 11.5 Å². The quantitative estimate of drug-likeness (QED) is 0.612. The normalized spacial score (nSPS) is 10.4. The van der Waals surface area contributed by atoms with Crippen LogP contribution in [-0.4, -0.2) is 25.0 Å². The Bertz CT molecular complexity index is 844. The molecule has 0 bridgehead atoms. The number of carbonyl (C=O) groups is 1. The number of benzene rings is 2. The monoisotopic (exact) mass is 367 g/mol. The van der Waals surface area contributed by atoms with Crippen LogP contribution in [0.4, 0.5) is 0 Å². The van der Waals surface area contributed by atoms with E-state index in [-0.39, 0.29) is 5.91 Å². The first kappa shape index (κ1) is 18.0. The van der Waals surface area contributed by atoms with Gasteiger partial charge in [0.25, 0.3) is 5.91 Å². The topological polar surface area (TPSA) is 38.8 Å². The maximum atomic E-state index is 13.1. The standard InChI is InChI=1S/C21H21NO3S/c1-24-18-11-9-16(10-12-18)21(23)22(15-19-7-5-13-26-19)14-17-6-3-4-8-20(17)25-2/h3-13H,14-15H2,1-2H3. The van der Waals surface area contributed by atoms with E-state index in [1.165, 1.54) is 0 Å². The molecular weight excluding hydrogens is 346 g/mol. The van der Waals surface area contributed by atoms with Crippen LogP contribution in [0.25, 0.3) is 0 Å². The molecule has 1 amide bonds. The van der Waals surface area contributed by atoms with E-state index in [2.05, 4.69) is 0 Å². The Morgan fingerprint density at radius 3 is 2.35 bits per heavy atom. The molecule has 134 valence electrons. The number of rotatable bonds is 7. The third-order valence-corrected chi connectivity index (χ3v) is 4.97. The van der Waals surface area contributed by atoms with Gasteiger partial charge in [-0.25, -0.2) is 0 Å². The molecule has 0 unspecified atom stereocenters. The highest BCUT2D eigenvalue weighted by Gasteiger charge is 2.19. The summed E-state index contributed by atoms with van der Waals surface area (Å²) in [6, 6.07) is 19.0. The molecule has 0 aliphatic carbocycles. The highest BCUT2D eigenvalue weighted by atomic mass is 32.1. The summed E-state index contributed by atoms with van der Waals surface area (Å²) < 4.78 is 10.6. The SMILES string of the molecule is COc1ccc(C(=O)N(Cc2cccs2)Cc2ccccc2OC)cc1. The largest absolute Gasteiger partial charge is 0.497 e. The van der Waals surface area contributed by atoms with Gasteiger partial charge in [-0.1, -0.05) is 24.3 Å². The van der Waals surface area contributed by atoms with Crippen molar-refractivity contribution in [2.45, 2.75) is 13.1 Å². The van der Waals surface area contributed by atoms with Gasteiger partial charge in [0.2, 0.25) is 0 Å². The van der Waals surface area contributed by atoms with Crippen LogP contribution in [-0.2, 0) is 13.1 Å². The van der Waals surface area contributed by atoms with Gasteiger partial charge in [0, 0.05) is 16.0 Å². The maximum absolute atomic E-state index is 13.1. The van der Waals surface area contributed by atoms with Gasteiger partial charge in [0.15, 0.2) is 0 Å². The van der Waals surface area contributed by atoms with Crippen LogP contribution in [0.1, 0.15) is 20.8 Å². The van der Waals surface area contributed by atoms with E-state index in [1.54, 1.807) is 49.8 Å². The van der Waals surface area contributed by atoms with Crippen molar-refractivity contribution < 1.29 is 14.3 Å². The van der Waals surface area contributed by atoms with Gasteiger partial charge < -0.3 is 14.4 Å². The van der Waals surface area contributed by atoms with Crippen molar-refractivity contribution in [2.24, 2.45) is 0 Å². The lowest BCUT2D eigenvalue weighted by Crippen LogP contribution is -2.30. The van der Waals surface area contributed by atoms with E-state index in [4.69, 9.17) is 9.47 Å². The van der Waals surface area contributed by atoms with Crippen LogP contribution in [0.5, 0.6) is 11.5 Å². The Labute approximate surface area is 157 Å². The molecule has 0 saturated carbocycles. The number of hydrogen-bond donors (Lipinski definition) is 0. The van der Waals surface area contributed by atoms with E-state index < -0.39 is 0 Å². The Kier molecular flexibility index (Phi) is 5.92. The molecule has 0 aliphatic rings. The molecule has 3 rings (SSSR count). The smallest absolute Gasteiger partial charge is 0.254 e. The minimum Gasteiger partial charge on any atom is -0.497 e. The van der Waals surface area contributed by atoms with E-state index in [1.807, 2.05) is 46.7 Å². The summed E-state index contributed by atoms with van der Waals surface area (Å²) in [6.45, 7) is 1.04. The van der Waals surface area contributed by atoms with E-state index in [0.29, 0.717) is 18.7 Å². The minimum absolute atomic E-state index is 0.0213. The first-order valence-corrected chi connectivity index (χ1v) is 9.17. The minimum atomic E-state index is -0.0213. The fraction of sp³-hybridized carbons (Fsp3) is 0.190. The third-order valence-electron chi connectivity index (χ3n) is 4.10. The lowest BCUT2D eigenvalue weighted by atomic mass is 10.1. The molecule has 0 radical (unpaired) electrons. The number of thiophene rings is 1. The molecular formula is C21H21NO3S. The fourth-order valence-electron chi connectivity index (χ4n) is 2.75. The van der Waals surface area contributed by atoms with Gasteiger partial charge in [0.05, 0.1) is 27.3 Å². The van der Waals surface area contributed by atoms with Gasteiger partial charge in [-0.05, 0) is 41.8 Å². The molecule has 0 aliphatic heterocycles. The number of para-hydroxylation sites is 1. The Hall–Kier alpha value is -2.79. The Morgan fingerprint density at radius 1 is 0.923 bits per heavy atom. The number of nitrogens with zero attached hydrogens (tertiary/aromatic N) is 1. The van der Waals surface area contributed by atoms with Crippen LogP contribution < -0.4 is 9.47 Å². The molecule has 0 spiro atoms. The molecule has 0 atom stereocenters. The predicted octanol–water partition coefficient (Wildman–Crippen LogP) is 4.61. The van der Waals surface area contributed by atoms with Crippen LogP contribution >= 0.6 is 11.3 Å². The summed E-state index contributed by atoms with van der Waals surface area (Å²) >= 11 is 1.65. The summed E-state index contributed by atoms with van der Waals surface area (Å²) in [7, 11) is 3.26. The van der Waals surface area contributed by atoms with Crippen LogP contribution in [0.3, 0.4) is 0 Å². The highest BCUT2D eigenvalue weighted by molar-refractivity contribution is 7.09. The van der Waals surface area contributed by atoms with E-state index >= 15 is 0 Å². The zero-order valence-electron chi connectivity index (χ0n) is 14.8. The van der Waals surface area contributed by atoms with Crippen molar-refractivity contribution in [2.75, 3.05) is 14.2 Å².